The molecule has 0 spiro atoms. The van der Waals surface area contributed by atoms with Crippen molar-refractivity contribution in [3.05, 3.63) is 66.0 Å². The van der Waals surface area contributed by atoms with Gasteiger partial charge in [0.2, 0.25) is 5.91 Å². The van der Waals surface area contributed by atoms with E-state index in [4.69, 9.17) is 4.74 Å². The molecule has 9 nitrogen and oxygen atoms in total. The number of carbonyl (C=O) groups excluding carboxylic acids is 2. The lowest BCUT2D eigenvalue weighted by molar-refractivity contribution is -0.140. The van der Waals surface area contributed by atoms with Crippen LogP contribution in [0.2, 0.25) is 0 Å². The normalized spacial score (nSPS) is 14.0. The van der Waals surface area contributed by atoms with Crippen LogP contribution in [0.3, 0.4) is 0 Å². The van der Waals surface area contributed by atoms with Crippen LogP contribution in [-0.2, 0) is 11.0 Å². The molecular weight excluding hydrogens is 448 g/mol. The molecule has 33 heavy (non-hydrogen) atoms. The molecule has 13 heteroatoms. The molecule has 1 aliphatic heterocycles. The number of halogens is 4. The number of nitrogens with one attached hydrogen (secondary N) is 1. The Bertz CT molecular complexity index is 1160. The minimum absolute atomic E-state index is 0.0146. The summed E-state index contributed by atoms with van der Waals surface area (Å²) in [6, 6.07) is 5.72. The fourth-order valence-electron chi connectivity index (χ4n) is 3.05. The van der Waals surface area contributed by atoms with Crippen molar-refractivity contribution in [2.75, 3.05) is 19.6 Å². The summed E-state index contributed by atoms with van der Waals surface area (Å²) >= 11 is 0. The molecule has 1 N–H and O–H groups in total. The first-order valence-electron chi connectivity index (χ1n) is 9.63. The molecular formula is C20H16F4N6O3. The second-order valence-electron chi connectivity index (χ2n) is 7.12. The Morgan fingerprint density at radius 1 is 1.21 bits per heavy atom. The molecule has 1 aromatic carbocycles. The zero-order valence-corrected chi connectivity index (χ0v) is 16.8. The molecule has 4 rings (SSSR count). The Kier molecular flexibility index (Phi) is 5.94. The van der Waals surface area contributed by atoms with Crippen molar-refractivity contribution in [3.63, 3.8) is 0 Å². The second-order valence-corrected chi connectivity index (χ2v) is 7.12. The van der Waals surface area contributed by atoms with Crippen molar-refractivity contribution in [1.82, 2.24) is 30.2 Å². The molecule has 0 aliphatic carbocycles. The van der Waals surface area contributed by atoms with E-state index in [-0.39, 0.29) is 37.0 Å². The van der Waals surface area contributed by atoms with Gasteiger partial charge in [-0.3, -0.25) is 14.6 Å². The SMILES string of the molecule is O=C(NCC(=O)N1CC(Oc2ccc(C(F)(F)F)c(F)c2)C1)c1cn(-c2cccnc2)nn1. The highest BCUT2D eigenvalue weighted by atomic mass is 19.4. The molecule has 0 saturated carbocycles. The molecule has 3 heterocycles. The maximum Gasteiger partial charge on any atom is 0.419 e. The average molecular weight is 464 g/mol. The molecule has 172 valence electrons. The van der Waals surface area contributed by atoms with E-state index in [9.17, 15) is 27.2 Å². The molecule has 1 fully saturated rings. The summed E-state index contributed by atoms with van der Waals surface area (Å²) in [6.45, 7) is 0.00326. The van der Waals surface area contributed by atoms with Crippen molar-refractivity contribution < 1.29 is 31.9 Å². The summed E-state index contributed by atoms with van der Waals surface area (Å²) in [7, 11) is 0. The van der Waals surface area contributed by atoms with Crippen LogP contribution < -0.4 is 10.1 Å². The number of benzene rings is 1. The van der Waals surface area contributed by atoms with Gasteiger partial charge >= 0.3 is 6.18 Å². The molecule has 0 radical (unpaired) electrons. The number of aromatic nitrogens is 4. The third-order valence-electron chi connectivity index (χ3n) is 4.79. The number of nitrogens with zero attached hydrogens (tertiary/aromatic N) is 5. The smallest absolute Gasteiger partial charge is 0.419 e. The third kappa shape index (κ3) is 5.07. The Labute approximate surface area is 184 Å². The number of carbonyl (C=O) groups is 2. The van der Waals surface area contributed by atoms with Crippen LogP contribution in [-0.4, -0.2) is 62.4 Å². The number of pyridine rings is 1. The highest BCUT2D eigenvalue weighted by Gasteiger charge is 2.35. The first-order chi connectivity index (χ1) is 15.7. The molecule has 1 saturated heterocycles. The van der Waals surface area contributed by atoms with Gasteiger partial charge in [-0.2, -0.15) is 13.2 Å². The third-order valence-corrected chi connectivity index (χ3v) is 4.79. The lowest BCUT2D eigenvalue weighted by atomic mass is 10.1. The number of likely N-dealkylation sites (tertiary alicyclic amines) is 1. The zero-order valence-electron chi connectivity index (χ0n) is 16.8. The summed E-state index contributed by atoms with van der Waals surface area (Å²) in [6.07, 6.45) is -0.762. The minimum Gasteiger partial charge on any atom is -0.487 e. The standard InChI is InChI=1S/C20H16F4N6O3/c21-16-6-13(3-4-15(16)20(22,23)24)33-14-9-29(10-14)18(31)8-26-19(32)17-11-30(28-27-17)12-2-1-5-25-7-12/h1-7,11,14H,8-10H2,(H,26,32). The van der Waals surface area contributed by atoms with Crippen molar-refractivity contribution in [2.45, 2.75) is 12.3 Å². The number of alkyl halides is 3. The summed E-state index contributed by atoms with van der Waals surface area (Å²) in [5.41, 5.74) is -0.753. The molecule has 0 unspecified atom stereocenters. The van der Waals surface area contributed by atoms with E-state index in [0.717, 1.165) is 6.07 Å². The zero-order chi connectivity index (χ0) is 23.6. The fourth-order valence-corrected chi connectivity index (χ4v) is 3.05. The topological polar surface area (TPSA) is 102 Å². The van der Waals surface area contributed by atoms with E-state index in [1.54, 1.807) is 24.5 Å². The van der Waals surface area contributed by atoms with Crippen LogP contribution in [0.4, 0.5) is 17.6 Å². The van der Waals surface area contributed by atoms with Gasteiger partial charge in [0.25, 0.3) is 5.91 Å². The molecule has 3 aromatic rings. The van der Waals surface area contributed by atoms with Gasteiger partial charge in [-0.05, 0) is 24.3 Å². The number of ether oxygens (including phenoxy) is 1. The summed E-state index contributed by atoms with van der Waals surface area (Å²) in [4.78, 5) is 29.8. The van der Waals surface area contributed by atoms with Gasteiger partial charge in [-0.25, -0.2) is 9.07 Å². The Hall–Kier alpha value is -4.03. The van der Waals surface area contributed by atoms with Gasteiger partial charge in [0.15, 0.2) is 5.69 Å². The largest absolute Gasteiger partial charge is 0.487 e. The molecule has 2 amide bonds. The van der Waals surface area contributed by atoms with E-state index in [0.29, 0.717) is 17.8 Å². The fraction of sp³-hybridized carbons (Fsp3) is 0.250. The van der Waals surface area contributed by atoms with Crippen LogP contribution >= 0.6 is 0 Å². The van der Waals surface area contributed by atoms with Gasteiger partial charge in [-0.15, -0.1) is 5.10 Å². The van der Waals surface area contributed by atoms with Gasteiger partial charge in [0.1, 0.15) is 17.7 Å². The highest BCUT2D eigenvalue weighted by molar-refractivity contribution is 5.94. The van der Waals surface area contributed by atoms with Crippen LogP contribution in [0.25, 0.3) is 5.69 Å². The predicted octanol–water partition coefficient (Wildman–Crippen LogP) is 1.84. The van der Waals surface area contributed by atoms with Gasteiger partial charge in [0, 0.05) is 12.3 Å². The Balaban J connectivity index is 1.23. The van der Waals surface area contributed by atoms with Crippen molar-refractivity contribution in [3.8, 4) is 11.4 Å². The first kappa shape index (κ1) is 22.2. The van der Waals surface area contributed by atoms with Crippen molar-refractivity contribution >= 4 is 11.8 Å². The summed E-state index contributed by atoms with van der Waals surface area (Å²) in [5.74, 6) is -2.48. The van der Waals surface area contributed by atoms with E-state index in [1.807, 2.05) is 0 Å². The Morgan fingerprint density at radius 3 is 2.67 bits per heavy atom. The van der Waals surface area contributed by atoms with Crippen molar-refractivity contribution in [1.29, 1.82) is 0 Å². The van der Waals surface area contributed by atoms with Crippen LogP contribution in [0, 0.1) is 5.82 Å². The molecule has 0 atom stereocenters. The maximum absolute atomic E-state index is 13.6. The van der Waals surface area contributed by atoms with E-state index < -0.39 is 29.6 Å². The van der Waals surface area contributed by atoms with Gasteiger partial charge in [-0.1, -0.05) is 5.21 Å². The number of hydrogen-bond donors (Lipinski definition) is 1. The van der Waals surface area contributed by atoms with Crippen molar-refractivity contribution in [2.24, 2.45) is 0 Å². The maximum atomic E-state index is 13.6. The van der Waals surface area contributed by atoms with Crippen LogP contribution in [0.15, 0.2) is 48.9 Å². The molecule has 1 aliphatic rings. The summed E-state index contributed by atoms with van der Waals surface area (Å²) < 4.78 is 58.2. The average Bonchev–Trinajstić information content (AvgIpc) is 3.24. The van der Waals surface area contributed by atoms with Gasteiger partial charge < -0.3 is 15.0 Å². The predicted molar refractivity (Wildman–Crippen MR) is 104 cm³/mol. The highest BCUT2D eigenvalue weighted by Crippen LogP contribution is 2.33. The lowest BCUT2D eigenvalue weighted by Gasteiger charge is -2.39. The van der Waals surface area contributed by atoms with Crippen LogP contribution in [0.5, 0.6) is 5.75 Å². The number of rotatable bonds is 6. The Morgan fingerprint density at radius 2 is 2.00 bits per heavy atom. The quantitative estimate of drug-likeness (QED) is 0.559. The summed E-state index contributed by atoms with van der Waals surface area (Å²) in [5, 5.41) is 10.0. The lowest BCUT2D eigenvalue weighted by Crippen LogP contribution is -2.58. The van der Waals surface area contributed by atoms with Gasteiger partial charge in [0.05, 0.1) is 43.3 Å². The van der Waals surface area contributed by atoms with E-state index in [2.05, 4.69) is 20.6 Å². The first-order valence-corrected chi connectivity index (χ1v) is 9.63. The van der Waals surface area contributed by atoms with E-state index >= 15 is 0 Å². The number of hydrogen-bond acceptors (Lipinski definition) is 6. The minimum atomic E-state index is -4.79. The van der Waals surface area contributed by atoms with E-state index in [1.165, 1.54) is 15.8 Å². The monoisotopic (exact) mass is 464 g/mol. The van der Waals surface area contributed by atoms with Crippen LogP contribution in [0.1, 0.15) is 16.1 Å². The number of amides is 2. The molecule has 0 bridgehead atoms. The second kappa shape index (κ2) is 8.84. The molecule has 2 aromatic heterocycles.